The summed E-state index contributed by atoms with van der Waals surface area (Å²) in [6.07, 6.45) is 0.494. The lowest BCUT2D eigenvalue weighted by Crippen LogP contribution is -2.23. The SMILES string of the molecule is C[C@@H](SCCc1c(F)cccc1Cl)C(N)=O. The molecule has 0 saturated heterocycles. The molecule has 1 aromatic rings. The van der Waals surface area contributed by atoms with Gasteiger partial charge in [0.1, 0.15) is 5.82 Å². The first-order valence-corrected chi connectivity index (χ1v) is 6.29. The first-order chi connectivity index (χ1) is 7.52. The molecule has 1 aromatic carbocycles. The lowest BCUT2D eigenvalue weighted by Gasteiger charge is -2.08. The van der Waals surface area contributed by atoms with Crippen LogP contribution in [0.5, 0.6) is 0 Å². The van der Waals surface area contributed by atoms with Gasteiger partial charge < -0.3 is 5.73 Å². The Morgan fingerprint density at radius 3 is 2.88 bits per heavy atom. The van der Waals surface area contributed by atoms with Crippen molar-refractivity contribution in [3.05, 3.63) is 34.6 Å². The summed E-state index contributed by atoms with van der Waals surface area (Å²) >= 11 is 7.26. The van der Waals surface area contributed by atoms with Crippen molar-refractivity contribution in [2.24, 2.45) is 5.73 Å². The van der Waals surface area contributed by atoms with Crippen LogP contribution in [0.1, 0.15) is 12.5 Å². The Kier molecular flexibility index (Phi) is 5.09. The van der Waals surface area contributed by atoms with E-state index in [1.165, 1.54) is 17.8 Å². The van der Waals surface area contributed by atoms with Gasteiger partial charge in [-0.3, -0.25) is 4.79 Å². The number of hydrogen-bond donors (Lipinski definition) is 1. The number of hydrogen-bond acceptors (Lipinski definition) is 2. The highest BCUT2D eigenvalue weighted by atomic mass is 35.5. The van der Waals surface area contributed by atoms with Gasteiger partial charge in [-0.05, 0) is 31.2 Å². The smallest absolute Gasteiger partial charge is 0.230 e. The van der Waals surface area contributed by atoms with E-state index in [2.05, 4.69) is 0 Å². The van der Waals surface area contributed by atoms with Crippen molar-refractivity contribution in [1.29, 1.82) is 0 Å². The Labute approximate surface area is 103 Å². The first kappa shape index (κ1) is 13.3. The Balaban J connectivity index is 2.52. The van der Waals surface area contributed by atoms with E-state index >= 15 is 0 Å². The van der Waals surface area contributed by atoms with Crippen molar-refractivity contribution in [2.75, 3.05) is 5.75 Å². The number of carbonyl (C=O) groups excluding carboxylic acids is 1. The van der Waals surface area contributed by atoms with Gasteiger partial charge in [0.2, 0.25) is 5.91 Å². The number of thioether (sulfide) groups is 1. The maximum Gasteiger partial charge on any atom is 0.230 e. The molecule has 0 aromatic heterocycles. The zero-order chi connectivity index (χ0) is 12.1. The lowest BCUT2D eigenvalue weighted by atomic mass is 10.1. The minimum absolute atomic E-state index is 0.259. The summed E-state index contributed by atoms with van der Waals surface area (Å²) in [5.74, 6) is -0.0467. The fourth-order valence-corrected chi connectivity index (χ4v) is 2.29. The van der Waals surface area contributed by atoms with Gasteiger partial charge in [-0.2, -0.15) is 0 Å². The Morgan fingerprint density at radius 1 is 1.62 bits per heavy atom. The zero-order valence-electron chi connectivity index (χ0n) is 8.87. The molecule has 88 valence electrons. The van der Waals surface area contributed by atoms with Crippen molar-refractivity contribution >= 4 is 29.3 Å². The summed E-state index contributed by atoms with van der Waals surface area (Å²) in [5, 5.41) is 0.165. The van der Waals surface area contributed by atoms with Crippen LogP contribution in [0.3, 0.4) is 0 Å². The van der Waals surface area contributed by atoms with Gasteiger partial charge >= 0.3 is 0 Å². The molecule has 1 atom stereocenters. The fourth-order valence-electron chi connectivity index (χ4n) is 1.19. The van der Waals surface area contributed by atoms with Gasteiger partial charge in [-0.15, -0.1) is 11.8 Å². The van der Waals surface area contributed by atoms with Crippen LogP contribution in [-0.2, 0) is 11.2 Å². The summed E-state index contributed by atoms with van der Waals surface area (Å²) in [4.78, 5) is 10.8. The van der Waals surface area contributed by atoms with Gasteiger partial charge in [-0.1, -0.05) is 17.7 Å². The van der Waals surface area contributed by atoms with E-state index < -0.39 is 0 Å². The van der Waals surface area contributed by atoms with Crippen LogP contribution in [0.2, 0.25) is 5.02 Å². The maximum atomic E-state index is 13.3. The molecule has 16 heavy (non-hydrogen) atoms. The van der Waals surface area contributed by atoms with E-state index in [1.807, 2.05) is 0 Å². The fraction of sp³-hybridized carbons (Fsp3) is 0.364. The Hall–Kier alpha value is -0.740. The van der Waals surface area contributed by atoms with E-state index in [0.717, 1.165) is 0 Å². The van der Waals surface area contributed by atoms with E-state index in [4.69, 9.17) is 17.3 Å². The van der Waals surface area contributed by atoms with Crippen molar-refractivity contribution in [2.45, 2.75) is 18.6 Å². The van der Waals surface area contributed by atoms with E-state index in [9.17, 15) is 9.18 Å². The maximum absolute atomic E-state index is 13.3. The van der Waals surface area contributed by atoms with E-state index in [-0.39, 0.29) is 17.0 Å². The van der Waals surface area contributed by atoms with E-state index in [1.54, 1.807) is 19.1 Å². The third-order valence-corrected chi connectivity index (χ3v) is 3.71. The standard InChI is InChI=1S/C11H13ClFNOS/c1-7(11(14)15)16-6-5-8-9(12)3-2-4-10(8)13/h2-4,7H,5-6H2,1H3,(H2,14,15)/t7-/m1/s1. The van der Waals surface area contributed by atoms with Crippen LogP contribution in [0.25, 0.3) is 0 Å². The third kappa shape index (κ3) is 3.68. The second-order valence-electron chi connectivity index (χ2n) is 3.37. The summed E-state index contributed by atoms with van der Waals surface area (Å²) in [6, 6.07) is 4.60. The van der Waals surface area contributed by atoms with Gasteiger partial charge in [0, 0.05) is 10.6 Å². The average Bonchev–Trinajstić information content (AvgIpc) is 2.22. The van der Waals surface area contributed by atoms with Gasteiger partial charge in [-0.25, -0.2) is 4.39 Å². The number of rotatable bonds is 5. The molecule has 1 rings (SSSR count). The molecular formula is C11H13ClFNOS. The molecule has 0 heterocycles. The van der Waals surface area contributed by atoms with Crippen LogP contribution in [0.4, 0.5) is 4.39 Å². The zero-order valence-corrected chi connectivity index (χ0v) is 10.4. The molecular weight excluding hydrogens is 249 g/mol. The molecule has 0 aliphatic carbocycles. The largest absolute Gasteiger partial charge is 0.369 e. The minimum Gasteiger partial charge on any atom is -0.369 e. The average molecular weight is 262 g/mol. The van der Waals surface area contributed by atoms with Crippen molar-refractivity contribution in [1.82, 2.24) is 0 Å². The van der Waals surface area contributed by atoms with Gasteiger partial charge in [0.05, 0.1) is 5.25 Å². The minimum atomic E-state index is -0.357. The molecule has 2 N–H and O–H groups in total. The second-order valence-corrected chi connectivity index (χ2v) is 5.22. The first-order valence-electron chi connectivity index (χ1n) is 4.86. The van der Waals surface area contributed by atoms with Crippen molar-refractivity contribution in [3.8, 4) is 0 Å². The third-order valence-electron chi connectivity index (χ3n) is 2.18. The van der Waals surface area contributed by atoms with Crippen molar-refractivity contribution < 1.29 is 9.18 Å². The molecule has 5 heteroatoms. The number of amides is 1. The topological polar surface area (TPSA) is 43.1 Å². The summed E-state index contributed by atoms with van der Waals surface area (Å²) < 4.78 is 13.3. The van der Waals surface area contributed by atoms with Crippen molar-refractivity contribution in [3.63, 3.8) is 0 Å². The molecule has 0 aliphatic rings. The molecule has 2 nitrogen and oxygen atoms in total. The van der Waals surface area contributed by atoms with Crippen LogP contribution in [0.15, 0.2) is 18.2 Å². The normalized spacial score (nSPS) is 12.4. The van der Waals surface area contributed by atoms with Crippen LogP contribution < -0.4 is 5.73 Å². The number of halogens is 2. The van der Waals surface area contributed by atoms with Gasteiger partial charge in [0.25, 0.3) is 0 Å². The molecule has 1 amide bonds. The molecule has 0 radical (unpaired) electrons. The molecule has 0 bridgehead atoms. The number of nitrogens with two attached hydrogens (primary N) is 1. The monoisotopic (exact) mass is 261 g/mol. The number of primary amides is 1. The Bertz CT molecular complexity index is 366. The summed E-state index contributed by atoms with van der Waals surface area (Å²) in [6.45, 7) is 1.73. The predicted octanol–water partition coefficient (Wildman–Crippen LogP) is 2.63. The summed E-state index contributed by atoms with van der Waals surface area (Å²) in [5.41, 5.74) is 5.61. The molecule has 0 saturated carbocycles. The quantitative estimate of drug-likeness (QED) is 0.885. The predicted molar refractivity (Wildman–Crippen MR) is 66.2 cm³/mol. The lowest BCUT2D eigenvalue weighted by molar-refractivity contribution is -0.117. The highest BCUT2D eigenvalue weighted by molar-refractivity contribution is 8.00. The number of benzene rings is 1. The molecule has 0 unspecified atom stereocenters. The van der Waals surface area contributed by atoms with Crippen LogP contribution in [0, 0.1) is 5.82 Å². The van der Waals surface area contributed by atoms with Gasteiger partial charge in [0.15, 0.2) is 0 Å². The molecule has 0 fully saturated rings. The van der Waals surface area contributed by atoms with Crippen LogP contribution in [-0.4, -0.2) is 16.9 Å². The highest BCUT2D eigenvalue weighted by Gasteiger charge is 2.11. The highest BCUT2D eigenvalue weighted by Crippen LogP contribution is 2.21. The van der Waals surface area contributed by atoms with Crippen LogP contribution >= 0.6 is 23.4 Å². The van der Waals surface area contributed by atoms with E-state index in [0.29, 0.717) is 22.8 Å². The Morgan fingerprint density at radius 2 is 2.31 bits per heavy atom. The second kappa shape index (κ2) is 6.11. The summed E-state index contributed by atoms with van der Waals surface area (Å²) in [7, 11) is 0. The molecule has 0 aliphatic heterocycles. The number of carbonyl (C=O) groups is 1. The molecule has 0 spiro atoms.